The van der Waals surface area contributed by atoms with Crippen LogP contribution in [0.5, 0.6) is 0 Å². The van der Waals surface area contributed by atoms with Crippen molar-refractivity contribution in [1.82, 2.24) is 4.98 Å². The molecule has 92 valence electrons. The van der Waals surface area contributed by atoms with Crippen LogP contribution in [-0.2, 0) is 20.8 Å². The second-order valence-electron chi connectivity index (χ2n) is 3.19. The number of rotatable bonds is 9. The monoisotopic (exact) mass is 246 g/mol. The highest BCUT2D eigenvalue weighted by atomic mass is 32.1. The number of nitrogen functional groups attached to an aromatic ring is 1. The molecule has 1 heterocycles. The third-order valence-electron chi connectivity index (χ3n) is 1.83. The zero-order valence-electron chi connectivity index (χ0n) is 9.48. The average Bonchev–Trinajstić information content (AvgIpc) is 2.68. The van der Waals surface area contributed by atoms with Gasteiger partial charge in [-0.2, -0.15) is 0 Å². The number of aromatic nitrogens is 1. The molecule has 1 aromatic heterocycles. The van der Waals surface area contributed by atoms with Crippen LogP contribution in [0, 0.1) is 0 Å². The fourth-order valence-electron chi connectivity index (χ4n) is 1.09. The van der Waals surface area contributed by atoms with Crippen molar-refractivity contribution in [2.24, 2.45) is 0 Å². The van der Waals surface area contributed by atoms with Gasteiger partial charge >= 0.3 is 0 Å². The van der Waals surface area contributed by atoms with Gasteiger partial charge in [0.2, 0.25) is 0 Å². The molecule has 0 spiro atoms. The number of methoxy groups -OCH3 is 1. The zero-order chi connectivity index (χ0) is 11.6. The summed E-state index contributed by atoms with van der Waals surface area (Å²) in [5, 5.41) is 2.48. The molecule has 0 fully saturated rings. The minimum atomic E-state index is 0.495. The van der Waals surface area contributed by atoms with Crippen LogP contribution >= 0.6 is 11.3 Å². The molecule has 0 aliphatic heterocycles. The van der Waals surface area contributed by atoms with Crippen molar-refractivity contribution >= 4 is 16.5 Å². The molecule has 0 aliphatic carbocycles. The SMILES string of the molecule is COCCCOCCOCc1csc(N)n1. The van der Waals surface area contributed by atoms with Crippen LogP contribution < -0.4 is 5.73 Å². The van der Waals surface area contributed by atoms with Gasteiger partial charge in [0, 0.05) is 25.7 Å². The van der Waals surface area contributed by atoms with E-state index in [0.717, 1.165) is 18.7 Å². The van der Waals surface area contributed by atoms with Gasteiger partial charge in [0.25, 0.3) is 0 Å². The van der Waals surface area contributed by atoms with Crippen molar-refractivity contribution in [2.75, 3.05) is 39.3 Å². The second kappa shape index (κ2) is 8.46. The Morgan fingerprint density at radius 2 is 2.06 bits per heavy atom. The molecular formula is C10H18N2O3S. The molecule has 6 heteroatoms. The Morgan fingerprint density at radius 1 is 1.25 bits per heavy atom. The lowest BCUT2D eigenvalue weighted by Gasteiger charge is -2.04. The van der Waals surface area contributed by atoms with Gasteiger partial charge in [-0.3, -0.25) is 0 Å². The van der Waals surface area contributed by atoms with Gasteiger partial charge in [-0.1, -0.05) is 0 Å². The number of hydrogen-bond donors (Lipinski definition) is 1. The molecule has 2 N–H and O–H groups in total. The second-order valence-corrected chi connectivity index (χ2v) is 4.08. The normalized spacial score (nSPS) is 10.8. The molecule has 0 saturated carbocycles. The van der Waals surface area contributed by atoms with Crippen LogP contribution in [0.4, 0.5) is 5.13 Å². The molecule has 1 aromatic rings. The van der Waals surface area contributed by atoms with Gasteiger partial charge in [0.05, 0.1) is 25.5 Å². The van der Waals surface area contributed by atoms with Crippen molar-refractivity contribution in [3.05, 3.63) is 11.1 Å². The van der Waals surface area contributed by atoms with Gasteiger partial charge in [-0.25, -0.2) is 4.98 Å². The van der Waals surface area contributed by atoms with Crippen LogP contribution in [0.15, 0.2) is 5.38 Å². The molecule has 16 heavy (non-hydrogen) atoms. The largest absolute Gasteiger partial charge is 0.385 e. The number of anilines is 1. The fourth-order valence-corrected chi connectivity index (χ4v) is 1.64. The van der Waals surface area contributed by atoms with Crippen molar-refractivity contribution in [3.63, 3.8) is 0 Å². The Bertz CT molecular complexity index is 281. The van der Waals surface area contributed by atoms with E-state index in [2.05, 4.69) is 4.98 Å². The topological polar surface area (TPSA) is 66.6 Å². The number of thiazole rings is 1. The lowest BCUT2D eigenvalue weighted by molar-refractivity contribution is 0.0329. The average molecular weight is 246 g/mol. The smallest absolute Gasteiger partial charge is 0.180 e. The van der Waals surface area contributed by atoms with Crippen molar-refractivity contribution in [2.45, 2.75) is 13.0 Å². The summed E-state index contributed by atoms with van der Waals surface area (Å²) in [6, 6.07) is 0. The number of nitrogens with zero attached hydrogens (tertiary/aromatic N) is 1. The molecule has 1 rings (SSSR count). The minimum absolute atomic E-state index is 0.495. The summed E-state index contributed by atoms with van der Waals surface area (Å²) < 4.78 is 15.6. The maximum atomic E-state index is 5.49. The molecule has 0 bridgehead atoms. The molecule has 0 amide bonds. The lowest BCUT2D eigenvalue weighted by Crippen LogP contribution is -2.06. The third-order valence-corrected chi connectivity index (χ3v) is 2.55. The molecule has 0 atom stereocenters. The van der Waals surface area contributed by atoms with Gasteiger partial charge < -0.3 is 19.9 Å². The van der Waals surface area contributed by atoms with E-state index in [9.17, 15) is 0 Å². The number of nitrogens with two attached hydrogens (primary N) is 1. The Morgan fingerprint density at radius 3 is 2.75 bits per heavy atom. The van der Waals surface area contributed by atoms with E-state index in [1.54, 1.807) is 7.11 Å². The number of ether oxygens (including phenoxy) is 3. The maximum absolute atomic E-state index is 5.49. The first-order valence-electron chi connectivity index (χ1n) is 5.17. The lowest BCUT2D eigenvalue weighted by atomic mass is 10.5. The summed E-state index contributed by atoms with van der Waals surface area (Å²) in [5.74, 6) is 0. The highest BCUT2D eigenvalue weighted by Crippen LogP contribution is 2.11. The van der Waals surface area contributed by atoms with Crippen LogP contribution in [0.2, 0.25) is 0 Å². The Labute approximate surface area is 99.5 Å². The molecule has 5 nitrogen and oxygen atoms in total. The molecule has 0 unspecified atom stereocenters. The summed E-state index contributed by atoms with van der Waals surface area (Å²) in [4.78, 5) is 4.08. The van der Waals surface area contributed by atoms with Gasteiger partial charge in [0.1, 0.15) is 0 Å². The summed E-state index contributed by atoms with van der Waals surface area (Å²) in [7, 11) is 1.68. The van der Waals surface area contributed by atoms with E-state index < -0.39 is 0 Å². The van der Waals surface area contributed by atoms with Crippen LogP contribution in [0.25, 0.3) is 0 Å². The predicted molar refractivity (Wildman–Crippen MR) is 63.5 cm³/mol. The first-order chi connectivity index (χ1) is 7.83. The zero-order valence-corrected chi connectivity index (χ0v) is 10.3. The van der Waals surface area contributed by atoms with Crippen molar-refractivity contribution in [1.29, 1.82) is 0 Å². The van der Waals surface area contributed by atoms with E-state index in [-0.39, 0.29) is 0 Å². The predicted octanol–water partition coefficient (Wildman–Crippen LogP) is 1.29. The first-order valence-corrected chi connectivity index (χ1v) is 6.05. The van der Waals surface area contributed by atoms with Gasteiger partial charge in [0.15, 0.2) is 5.13 Å². The summed E-state index contributed by atoms with van der Waals surface area (Å²) >= 11 is 1.42. The molecular weight excluding hydrogens is 228 g/mol. The maximum Gasteiger partial charge on any atom is 0.180 e. The van der Waals surface area contributed by atoms with E-state index in [1.807, 2.05) is 5.38 Å². The Kier molecular flexibility index (Phi) is 7.07. The summed E-state index contributed by atoms with van der Waals surface area (Å²) in [6.07, 6.45) is 0.916. The van der Waals surface area contributed by atoms with E-state index in [0.29, 0.717) is 31.6 Å². The Balaban J connectivity index is 1.88. The quantitative estimate of drug-likeness (QED) is 0.665. The van der Waals surface area contributed by atoms with Crippen molar-refractivity contribution < 1.29 is 14.2 Å². The highest BCUT2D eigenvalue weighted by molar-refractivity contribution is 7.13. The molecule has 0 aliphatic rings. The van der Waals surface area contributed by atoms with E-state index in [4.69, 9.17) is 19.9 Å². The van der Waals surface area contributed by atoms with Crippen LogP contribution in [0.1, 0.15) is 12.1 Å². The Hall–Kier alpha value is -0.690. The van der Waals surface area contributed by atoms with Crippen LogP contribution in [-0.4, -0.2) is 38.5 Å². The summed E-state index contributed by atoms with van der Waals surface area (Å²) in [5.41, 5.74) is 6.37. The summed E-state index contributed by atoms with van der Waals surface area (Å²) in [6.45, 7) is 3.11. The molecule has 0 saturated heterocycles. The molecule has 0 aromatic carbocycles. The first kappa shape index (κ1) is 13.4. The highest BCUT2D eigenvalue weighted by Gasteiger charge is 1.98. The molecule has 0 radical (unpaired) electrons. The van der Waals surface area contributed by atoms with Crippen LogP contribution in [0.3, 0.4) is 0 Å². The van der Waals surface area contributed by atoms with Gasteiger partial charge in [-0.05, 0) is 6.42 Å². The van der Waals surface area contributed by atoms with Crippen molar-refractivity contribution in [3.8, 4) is 0 Å². The van der Waals surface area contributed by atoms with E-state index in [1.165, 1.54) is 11.3 Å². The fraction of sp³-hybridized carbons (Fsp3) is 0.700. The number of hydrogen-bond acceptors (Lipinski definition) is 6. The van der Waals surface area contributed by atoms with Gasteiger partial charge in [-0.15, -0.1) is 11.3 Å². The third kappa shape index (κ3) is 6.02. The standard InChI is InChI=1S/C10H18N2O3S/c1-13-3-2-4-14-5-6-15-7-9-8-16-10(11)12-9/h8H,2-7H2,1H3,(H2,11,12). The minimum Gasteiger partial charge on any atom is -0.385 e. The van der Waals surface area contributed by atoms with E-state index >= 15 is 0 Å².